The van der Waals surface area contributed by atoms with E-state index in [4.69, 9.17) is 0 Å². The van der Waals surface area contributed by atoms with Crippen LogP contribution < -0.4 is 10.2 Å². The Labute approximate surface area is 194 Å². The van der Waals surface area contributed by atoms with Gasteiger partial charge in [-0.1, -0.05) is 6.07 Å². The summed E-state index contributed by atoms with van der Waals surface area (Å²) in [5.74, 6) is -0.480. The van der Waals surface area contributed by atoms with E-state index >= 15 is 0 Å². The number of nitrogens with one attached hydrogen (secondary N) is 1. The maximum absolute atomic E-state index is 12.9. The first-order chi connectivity index (χ1) is 15.7. The van der Waals surface area contributed by atoms with E-state index in [1.54, 1.807) is 12.1 Å². The summed E-state index contributed by atoms with van der Waals surface area (Å²) >= 11 is 1.40. The van der Waals surface area contributed by atoms with Crippen molar-refractivity contribution < 1.29 is 22.9 Å². The van der Waals surface area contributed by atoms with Crippen LogP contribution in [0.4, 0.5) is 24.5 Å². The van der Waals surface area contributed by atoms with Crippen LogP contribution in [-0.4, -0.2) is 61.3 Å². The number of alkyl halides is 3. The summed E-state index contributed by atoms with van der Waals surface area (Å²) in [5.41, 5.74) is -0.273. The van der Waals surface area contributed by atoms with Gasteiger partial charge in [0.2, 0.25) is 0 Å². The van der Waals surface area contributed by atoms with Crippen LogP contribution in [0.15, 0.2) is 47.4 Å². The van der Waals surface area contributed by atoms with Gasteiger partial charge in [-0.25, -0.2) is 0 Å². The van der Waals surface area contributed by atoms with Crippen molar-refractivity contribution in [3.05, 3.63) is 63.7 Å². The molecule has 0 aromatic heterocycles. The first-order valence-electron chi connectivity index (χ1n) is 10.4. The molecule has 0 spiro atoms. The summed E-state index contributed by atoms with van der Waals surface area (Å²) in [6, 6.07) is 9.82. The zero-order valence-electron chi connectivity index (χ0n) is 18.1. The van der Waals surface area contributed by atoms with Gasteiger partial charge in [-0.2, -0.15) is 13.2 Å². The monoisotopic (exact) mass is 482 g/mol. The van der Waals surface area contributed by atoms with E-state index in [2.05, 4.69) is 10.2 Å². The number of piperazine rings is 1. The van der Waals surface area contributed by atoms with Crippen LogP contribution in [0.25, 0.3) is 0 Å². The van der Waals surface area contributed by atoms with Gasteiger partial charge in [-0.05, 0) is 49.6 Å². The van der Waals surface area contributed by atoms with Crippen molar-refractivity contribution in [3.8, 4) is 0 Å². The Morgan fingerprint density at radius 3 is 2.52 bits per heavy atom. The molecule has 178 valence electrons. The van der Waals surface area contributed by atoms with Crippen LogP contribution in [0.1, 0.15) is 22.3 Å². The number of rotatable bonds is 8. The molecule has 0 unspecified atom stereocenters. The molecule has 11 heteroatoms. The highest BCUT2D eigenvalue weighted by atomic mass is 32.2. The Morgan fingerprint density at radius 1 is 1.15 bits per heavy atom. The number of benzene rings is 2. The molecule has 3 rings (SSSR count). The molecule has 1 aliphatic heterocycles. The lowest BCUT2D eigenvalue weighted by Gasteiger charge is -2.36. The lowest BCUT2D eigenvalue weighted by molar-refractivity contribution is -0.385. The van der Waals surface area contributed by atoms with Crippen molar-refractivity contribution in [1.29, 1.82) is 0 Å². The maximum atomic E-state index is 12.9. The molecule has 0 atom stereocenters. The number of carbonyl (C=O) groups is 1. The molecule has 0 aliphatic carbocycles. The summed E-state index contributed by atoms with van der Waals surface area (Å²) < 4.78 is 38.8. The third-order valence-corrected chi connectivity index (χ3v) is 6.22. The highest BCUT2D eigenvalue weighted by molar-refractivity contribution is 7.98. The maximum Gasteiger partial charge on any atom is 0.416 e. The average Bonchev–Trinajstić information content (AvgIpc) is 2.81. The zero-order chi connectivity index (χ0) is 24.0. The lowest BCUT2D eigenvalue weighted by Crippen LogP contribution is -2.47. The third kappa shape index (κ3) is 6.61. The number of hydrogen-bond donors (Lipinski definition) is 1. The van der Waals surface area contributed by atoms with Crippen LogP contribution in [0.3, 0.4) is 0 Å². The molecule has 0 radical (unpaired) electrons. The minimum atomic E-state index is -4.36. The number of hydrogen-bond acceptors (Lipinski definition) is 6. The van der Waals surface area contributed by atoms with Crippen LogP contribution in [0, 0.1) is 10.1 Å². The molecule has 33 heavy (non-hydrogen) atoms. The van der Waals surface area contributed by atoms with Crippen molar-refractivity contribution in [2.45, 2.75) is 17.5 Å². The van der Waals surface area contributed by atoms with Crippen LogP contribution >= 0.6 is 11.8 Å². The zero-order valence-corrected chi connectivity index (χ0v) is 18.9. The van der Waals surface area contributed by atoms with Crippen molar-refractivity contribution in [2.75, 3.05) is 50.4 Å². The van der Waals surface area contributed by atoms with Gasteiger partial charge in [0, 0.05) is 49.4 Å². The number of thioether (sulfide) groups is 1. The minimum Gasteiger partial charge on any atom is -0.369 e. The van der Waals surface area contributed by atoms with E-state index < -0.39 is 22.6 Å². The Balaban J connectivity index is 1.45. The second-order valence-electron chi connectivity index (χ2n) is 7.63. The second kappa shape index (κ2) is 10.9. The van der Waals surface area contributed by atoms with Crippen molar-refractivity contribution in [3.63, 3.8) is 0 Å². The van der Waals surface area contributed by atoms with Crippen LogP contribution in [0.2, 0.25) is 0 Å². The Bertz CT molecular complexity index is 995. The molecular formula is C22H25F3N4O3S. The number of amides is 1. The fourth-order valence-corrected chi connectivity index (χ4v) is 4.13. The molecule has 1 fully saturated rings. The van der Waals surface area contributed by atoms with Gasteiger partial charge in [-0.3, -0.25) is 19.8 Å². The molecule has 0 bridgehead atoms. The summed E-state index contributed by atoms with van der Waals surface area (Å²) in [6.07, 6.45) is -1.87. The normalized spacial score (nSPS) is 14.8. The third-order valence-electron chi connectivity index (χ3n) is 5.49. The average molecular weight is 483 g/mol. The van der Waals surface area contributed by atoms with Crippen LogP contribution in [-0.2, 0) is 6.18 Å². The van der Waals surface area contributed by atoms with Crippen molar-refractivity contribution >= 4 is 29.0 Å². The summed E-state index contributed by atoms with van der Waals surface area (Å²) in [7, 11) is 0. The Morgan fingerprint density at radius 2 is 1.88 bits per heavy atom. The number of nitrogens with zero attached hydrogens (tertiary/aromatic N) is 3. The van der Waals surface area contributed by atoms with Gasteiger partial charge in [0.15, 0.2) is 0 Å². The largest absolute Gasteiger partial charge is 0.416 e. The number of halogens is 3. The van der Waals surface area contributed by atoms with Gasteiger partial charge in [0.1, 0.15) is 5.56 Å². The SMILES string of the molecule is CSc1ccc([N+](=O)[O-])c(C(=O)NCCCN2CCN(c3cccc(C(F)(F)F)c3)CC2)c1. The number of anilines is 1. The highest BCUT2D eigenvalue weighted by Gasteiger charge is 2.31. The van der Waals surface area contributed by atoms with Crippen molar-refractivity contribution in [2.24, 2.45) is 0 Å². The van der Waals surface area contributed by atoms with Gasteiger partial charge in [-0.15, -0.1) is 11.8 Å². The van der Waals surface area contributed by atoms with Crippen LogP contribution in [0.5, 0.6) is 0 Å². The van der Waals surface area contributed by atoms with Gasteiger partial charge in [0.25, 0.3) is 11.6 Å². The lowest BCUT2D eigenvalue weighted by atomic mass is 10.1. The molecule has 1 amide bonds. The smallest absolute Gasteiger partial charge is 0.369 e. The topological polar surface area (TPSA) is 78.7 Å². The first-order valence-corrected chi connectivity index (χ1v) is 11.7. The molecule has 1 saturated heterocycles. The van der Waals surface area contributed by atoms with E-state index in [-0.39, 0.29) is 11.3 Å². The van der Waals surface area contributed by atoms with E-state index in [9.17, 15) is 28.1 Å². The number of nitro groups is 1. The minimum absolute atomic E-state index is 0.0431. The van der Waals surface area contributed by atoms with Crippen molar-refractivity contribution in [1.82, 2.24) is 10.2 Å². The van der Waals surface area contributed by atoms with E-state index in [0.29, 0.717) is 51.4 Å². The molecule has 7 nitrogen and oxygen atoms in total. The highest BCUT2D eigenvalue weighted by Crippen LogP contribution is 2.32. The summed E-state index contributed by atoms with van der Waals surface area (Å²) in [4.78, 5) is 28.0. The van der Waals surface area contributed by atoms with Gasteiger partial charge in [0.05, 0.1) is 10.5 Å². The number of nitro benzene ring substituents is 1. The summed E-state index contributed by atoms with van der Waals surface area (Å²) in [5, 5.41) is 14.0. The summed E-state index contributed by atoms with van der Waals surface area (Å²) in [6.45, 7) is 3.70. The predicted octanol–water partition coefficient (Wildman–Crippen LogP) is 4.28. The molecule has 2 aromatic carbocycles. The molecule has 1 N–H and O–H groups in total. The fourth-order valence-electron chi connectivity index (χ4n) is 3.69. The van der Waals surface area contributed by atoms with E-state index in [1.807, 2.05) is 11.2 Å². The second-order valence-corrected chi connectivity index (χ2v) is 8.51. The quantitative estimate of drug-likeness (QED) is 0.262. The van der Waals surface area contributed by atoms with Gasteiger partial charge < -0.3 is 10.2 Å². The first kappa shape index (κ1) is 24.8. The molecule has 1 heterocycles. The Kier molecular flexibility index (Phi) is 8.20. The van der Waals surface area contributed by atoms with Gasteiger partial charge >= 0.3 is 6.18 Å². The fraction of sp³-hybridized carbons (Fsp3) is 0.409. The molecule has 2 aromatic rings. The Hall–Kier alpha value is -2.79. The van der Waals surface area contributed by atoms with E-state index in [0.717, 1.165) is 11.0 Å². The molecule has 1 aliphatic rings. The predicted molar refractivity (Wildman–Crippen MR) is 122 cm³/mol. The molecule has 0 saturated carbocycles. The standard InChI is InChI=1S/C22H25F3N4O3S/c1-33-18-6-7-20(29(31)32)19(15-18)21(30)26-8-3-9-27-10-12-28(13-11-27)17-5-2-4-16(14-17)22(23,24)25/h2,4-7,14-15H,3,8-13H2,1H3,(H,26,30). The molecular weight excluding hydrogens is 457 g/mol. The number of carbonyl (C=O) groups excluding carboxylic acids is 1. The van der Waals surface area contributed by atoms with E-state index in [1.165, 1.54) is 36.0 Å².